The number of anilines is 1. The van der Waals surface area contributed by atoms with E-state index in [0.29, 0.717) is 6.04 Å². The van der Waals surface area contributed by atoms with Gasteiger partial charge in [-0.05, 0) is 44.7 Å². The first kappa shape index (κ1) is 15.5. The van der Waals surface area contributed by atoms with Crippen LogP contribution in [0.25, 0.3) is 11.3 Å². The summed E-state index contributed by atoms with van der Waals surface area (Å²) in [6, 6.07) is 3.72. The number of sulfonamides is 1. The van der Waals surface area contributed by atoms with E-state index in [-0.39, 0.29) is 5.03 Å². The lowest BCUT2D eigenvalue weighted by molar-refractivity contribution is 0.470. The maximum atomic E-state index is 11.6. The fourth-order valence-electron chi connectivity index (χ4n) is 3.31. The first-order valence-electron chi connectivity index (χ1n) is 8.09. The molecule has 1 aliphatic heterocycles. The van der Waals surface area contributed by atoms with Crippen molar-refractivity contribution in [3.63, 3.8) is 0 Å². The molecule has 24 heavy (non-hydrogen) atoms. The molecule has 8 heteroatoms. The Balaban J connectivity index is 1.86. The maximum absolute atomic E-state index is 11.6. The zero-order chi connectivity index (χ0) is 16.9. The van der Waals surface area contributed by atoms with Gasteiger partial charge in [0.25, 0.3) is 10.0 Å². The molecule has 2 aromatic heterocycles. The van der Waals surface area contributed by atoms with Crippen molar-refractivity contribution < 1.29 is 8.42 Å². The molecule has 2 aliphatic rings. The van der Waals surface area contributed by atoms with Crippen molar-refractivity contribution in [1.82, 2.24) is 15.0 Å². The van der Waals surface area contributed by atoms with Crippen LogP contribution in [-0.2, 0) is 22.9 Å². The van der Waals surface area contributed by atoms with Crippen molar-refractivity contribution in [2.45, 2.75) is 43.7 Å². The number of primary sulfonamides is 1. The molecular weight excluding hydrogens is 326 g/mol. The third-order valence-corrected chi connectivity index (χ3v) is 5.60. The zero-order valence-electron chi connectivity index (χ0n) is 13.4. The smallest absolute Gasteiger partial charge is 0.255 e. The topological polar surface area (TPSA) is 102 Å². The molecule has 2 aromatic rings. The summed E-state index contributed by atoms with van der Waals surface area (Å²) in [6.07, 6.45) is 5.49. The van der Waals surface area contributed by atoms with E-state index in [1.165, 1.54) is 12.3 Å². The molecule has 7 nitrogen and oxygen atoms in total. The number of fused-ring (bicyclic) bond motifs is 1. The Labute approximate surface area is 141 Å². The quantitative estimate of drug-likeness (QED) is 0.899. The van der Waals surface area contributed by atoms with Gasteiger partial charge >= 0.3 is 0 Å². The minimum atomic E-state index is -3.84. The first-order valence-corrected chi connectivity index (χ1v) is 9.64. The van der Waals surface area contributed by atoms with Gasteiger partial charge in [0.05, 0.1) is 5.69 Å². The van der Waals surface area contributed by atoms with Crippen LogP contribution < -0.4 is 10.0 Å². The monoisotopic (exact) mass is 345 g/mol. The highest BCUT2D eigenvalue weighted by Gasteiger charge is 2.29. The van der Waals surface area contributed by atoms with Crippen molar-refractivity contribution in [2.24, 2.45) is 5.14 Å². The van der Waals surface area contributed by atoms with E-state index >= 15 is 0 Å². The van der Waals surface area contributed by atoms with Crippen LogP contribution >= 0.6 is 0 Å². The minimum Gasteiger partial charge on any atom is -0.338 e. The van der Waals surface area contributed by atoms with E-state index in [2.05, 4.69) is 16.8 Å². The lowest BCUT2D eigenvalue weighted by atomic mass is 10.0. The summed E-state index contributed by atoms with van der Waals surface area (Å²) >= 11 is 0. The first-order chi connectivity index (χ1) is 11.4. The third kappa shape index (κ3) is 2.55. The van der Waals surface area contributed by atoms with Crippen LogP contribution in [0.2, 0.25) is 0 Å². The van der Waals surface area contributed by atoms with E-state index in [1.54, 1.807) is 6.07 Å². The summed E-state index contributed by atoms with van der Waals surface area (Å²) < 4.78 is 23.2. The van der Waals surface area contributed by atoms with E-state index in [9.17, 15) is 8.42 Å². The summed E-state index contributed by atoms with van der Waals surface area (Å²) in [5.74, 6) is 0.735. The summed E-state index contributed by atoms with van der Waals surface area (Å²) in [5.41, 5.74) is 3.71. The molecule has 1 fully saturated rings. The molecule has 1 aliphatic carbocycles. The Morgan fingerprint density at radius 3 is 2.79 bits per heavy atom. The van der Waals surface area contributed by atoms with Gasteiger partial charge in [-0.15, -0.1) is 0 Å². The maximum Gasteiger partial charge on any atom is 0.255 e. The van der Waals surface area contributed by atoms with Crippen molar-refractivity contribution in [2.75, 3.05) is 11.4 Å². The molecule has 0 aromatic carbocycles. The normalized spacial score (nSPS) is 19.9. The Bertz CT molecular complexity index is 913. The van der Waals surface area contributed by atoms with Gasteiger partial charge in [0.2, 0.25) is 5.95 Å². The summed E-state index contributed by atoms with van der Waals surface area (Å²) in [4.78, 5) is 15.5. The van der Waals surface area contributed by atoms with Crippen LogP contribution in [0.15, 0.2) is 23.4 Å². The Morgan fingerprint density at radius 1 is 1.29 bits per heavy atom. The zero-order valence-corrected chi connectivity index (χ0v) is 14.3. The van der Waals surface area contributed by atoms with Crippen molar-refractivity contribution in [3.05, 3.63) is 29.6 Å². The van der Waals surface area contributed by atoms with Crippen LogP contribution in [0.3, 0.4) is 0 Å². The Morgan fingerprint density at radius 2 is 2.12 bits per heavy atom. The number of aryl methyl sites for hydroxylation is 1. The minimum absolute atomic E-state index is 0.135. The molecule has 126 valence electrons. The molecule has 0 saturated carbocycles. The van der Waals surface area contributed by atoms with Crippen LogP contribution in [0, 0.1) is 0 Å². The van der Waals surface area contributed by atoms with E-state index in [0.717, 1.165) is 60.7 Å². The number of rotatable bonds is 3. The number of pyridine rings is 1. The number of hydrogen-bond donors (Lipinski definition) is 1. The van der Waals surface area contributed by atoms with E-state index in [4.69, 9.17) is 15.1 Å². The molecule has 0 bridgehead atoms. The molecule has 1 unspecified atom stereocenters. The average molecular weight is 345 g/mol. The van der Waals surface area contributed by atoms with Gasteiger partial charge in [0.1, 0.15) is 0 Å². The largest absolute Gasteiger partial charge is 0.338 e. The van der Waals surface area contributed by atoms with Gasteiger partial charge in [-0.3, -0.25) is 0 Å². The second kappa shape index (κ2) is 5.49. The highest BCUT2D eigenvalue weighted by Crippen LogP contribution is 2.34. The predicted octanol–water partition coefficient (Wildman–Crippen LogP) is 1.27. The van der Waals surface area contributed by atoms with Gasteiger partial charge in [0, 0.05) is 35.6 Å². The second-order valence-corrected chi connectivity index (χ2v) is 7.92. The van der Waals surface area contributed by atoms with Crippen molar-refractivity contribution >= 4 is 16.0 Å². The molecule has 1 saturated heterocycles. The fraction of sp³-hybridized carbons (Fsp3) is 0.438. The van der Waals surface area contributed by atoms with E-state index < -0.39 is 10.0 Å². The highest BCUT2D eigenvalue weighted by molar-refractivity contribution is 7.89. The third-order valence-electron chi connectivity index (χ3n) is 4.80. The molecule has 4 rings (SSSR count). The van der Waals surface area contributed by atoms with Crippen LogP contribution in [0.4, 0.5) is 5.95 Å². The lowest BCUT2D eigenvalue weighted by Gasteiger charge is -2.39. The van der Waals surface area contributed by atoms with E-state index in [1.807, 2.05) is 0 Å². The molecule has 0 radical (unpaired) electrons. The summed E-state index contributed by atoms with van der Waals surface area (Å²) in [5, 5.41) is 5.08. The second-order valence-electron chi connectivity index (χ2n) is 6.41. The number of hydrogen-bond acceptors (Lipinski definition) is 6. The molecule has 1 atom stereocenters. The van der Waals surface area contributed by atoms with Gasteiger partial charge in [-0.25, -0.2) is 28.5 Å². The predicted molar refractivity (Wildman–Crippen MR) is 90.1 cm³/mol. The fourth-order valence-corrected chi connectivity index (χ4v) is 3.81. The van der Waals surface area contributed by atoms with Crippen LogP contribution in [0.1, 0.15) is 31.0 Å². The van der Waals surface area contributed by atoms with Crippen molar-refractivity contribution in [1.29, 1.82) is 0 Å². The standard InChI is InChI=1S/C16H19N5O2S/c1-10-6-8-21(10)16-19-13-4-2-3-12(13)15(20-16)11-5-7-18-14(9-11)24(17,22)23/h5,7,9-10H,2-4,6,8H2,1H3,(H2,17,22,23). The van der Waals surface area contributed by atoms with Crippen molar-refractivity contribution in [3.8, 4) is 11.3 Å². The molecule has 0 spiro atoms. The van der Waals surface area contributed by atoms with Gasteiger partial charge < -0.3 is 4.90 Å². The molecule has 0 amide bonds. The molecule has 2 N–H and O–H groups in total. The van der Waals surface area contributed by atoms with Crippen LogP contribution in [0.5, 0.6) is 0 Å². The number of nitrogens with two attached hydrogens (primary N) is 1. The number of aromatic nitrogens is 3. The van der Waals surface area contributed by atoms with Gasteiger partial charge in [-0.1, -0.05) is 0 Å². The Kier molecular flexibility index (Phi) is 3.54. The number of nitrogens with zero attached hydrogens (tertiary/aromatic N) is 4. The highest BCUT2D eigenvalue weighted by atomic mass is 32.2. The molecule has 3 heterocycles. The summed E-state index contributed by atoms with van der Waals surface area (Å²) in [7, 11) is -3.84. The summed E-state index contributed by atoms with van der Waals surface area (Å²) in [6.45, 7) is 3.11. The lowest BCUT2D eigenvalue weighted by Crippen LogP contribution is -2.46. The van der Waals surface area contributed by atoms with Gasteiger partial charge in [0.15, 0.2) is 5.03 Å². The molecular formula is C16H19N5O2S. The SMILES string of the molecule is CC1CCN1c1nc2c(c(-c3ccnc(S(N)(=O)=O)c3)n1)CCC2. The average Bonchev–Trinajstić information content (AvgIpc) is 3.00. The van der Waals surface area contributed by atoms with Gasteiger partial charge in [-0.2, -0.15) is 0 Å². The Hall–Kier alpha value is -2.06. The van der Waals surface area contributed by atoms with Crippen LogP contribution in [-0.4, -0.2) is 36.0 Å².